The maximum atomic E-state index is 12.8. The number of likely N-dealkylation sites (tertiary alicyclic amines) is 2. The molecule has 2 aromatic heterocycles. The number of hydrogen-bond donors (Lipinski definition) is 0. The van der Waals surface area contributed by atoms with Gasteiger partial charge in [0, 0.05) is 38.4 Å². The maximum absolute atomic E-state index is 12.8. The van der Waals surface area contributed by atoms with E-state index >= 15 is 0 Å². The minimum Gasteiger partial charge on any atom is -0.335 e. The molecular weight excluding hydrogens is 334 g/mol. The van der Waals surface area contributed by atoms with Gasteiger partial charge in [-0.05, 0) is 51.5 Å². The van der Waals surface area contributed by atoms with E-state index in [1.165, 1.54) is 37.3 Å². The lowest BCUT2D eigenvalue weighted by Gasteiger charge is -2.35. The molecule has 4 rings (SSSR count). The predicted octanol–water partition coefficient (Wildman–Crippen LogP) is 1.93. The van der Waals surface area contributed by atoms with Crippen LogP contribution < -0.4 is 0 Å². The number of thiazole rings is 1. The topological polar surface area (TPSA) is 52.6 Å². The number of carbonyl (C=O) groups is 1. The Morgan fingerprint density at radius 2 is 2.08 bits per heavy atom. The number of likely N-dealkylation sites (N-methyl/N-ethyl adjacent to an activating group) is 1. The SMILES string of the molecule is CN1CCC(N2CCC(N(C)C(=O)c3nc4cccnc4s3)C2)CC1. The van der Waals surface area contributed by atoms with E-state index in [-0.39, 0.29) is 11.9 Å². The number of pyridine rings is 1. The van der Waals surface area contributed by atoms with E-state index in [4.69, 9.17) is 0 Å². The molecule has 6 nitrogen and oxygen atoms in total. The molecule has 1 amide bonds. The Morgan fingerprint density at radius 3 is 2.84 bits per heavy atom. The molecule has 1 atom stereocenters. The molecular formula is C18H25N5OS. The first-order valence-electron chi connectivity index (χ1n) is 9.03. The highest BCUT2D eigenvalue weighted by Gasteiger charge is 2.34. The second-order valence-electron chi connectivity index (χ2n) is 7.23. The molecule has 0 aromatic carbocycles. The number of carbonyl (C=O) groups excluding carboxylic acids is 1. The average Bonchev–Trinajstić information content (AvgIpc) is 3.28. The minimum atomic E-state index is 0.0261. The molecule has 0 spiro atoms. The Bertz CT molecular complexity index is 722. The Balaban J connectivity index is 1.40. The van der Waals surface area contributed by atoms with Crippen LogP contribution in [-0.2, 0) is 0 Å². The predicted molar refractivity (Wildman–Crippen MR) is 100 cm³/mol. The lowest BCUT2D eigenvalue weighted by molar-refractivity contribution is 0.0721. The van der Waals surface area contributed by atoms with Gasteiger partial charge in [0.1, 0.15) is 10.3 Å². The quantitative estimate of drug-likeness (QED) is 0.838. The van der Waals surface area contributed by atoms with Crippen molar-refractivity contribution in [2.75, 3.05) is 40.3 Å². The van der Waals surface area contributed by atoms with Gasteiger partial charge in [-0.1, -0.05) is 11.3 Å². The molecule has 2 aliphatic heterocycles. The molecule has 0 radical (unpaired) electrons. The van der Waals surface area contributed by atoms with Crippen LogP contribution in [0.5, 0.6) is 0 Å². The number of aromatic nitrogens is 2. The Morgan fingerprint density at radius 1 is 1.28 bits per heavy atom. The monoisotopic (exact) mass is 359 g/mol. The van der Waals surface area contributed by atoms with E-state index in [0.29, 0.717) is 11.0 Å². The van der Waals surface area contributed by atoms with E-state index in [1.54, 1.807) is 6.20 Å². The normalized spacial score (nSPS) is 23.4. The molecule has 4 heterocycles. The molecule has 1 unspecified atom stereocenters. The number of hydrogen-bond acceptors (Lipinski definition) is 6. The highest BCUT2D eigenvalue weighted by Crippen LogP contribution is 2.25. The zero-order chi connectivity index (χ0) is 17.4. The number of amides is 1. The molecule has 0 bridgehead atoms. The van der Waals surface area contributed by atoms with Crippen molar-refractivity contribution in [2.24, 2.45) is 0 Å². The van der Waals surface area contributed by atoms with Crippen molar-refractivity contribution in [3.63, 3.8) is 0 Å². The summed E-state index contributed by atoms with van der Waals surface area (Å²) in [6.45, 7) is 4.44. The van der Waals surface area contributed by atoms with Crippen molar-refractivity contribution in [1.82, 2.24) is 24.7 Å². The van der Waals surface area contributed by atoms with Gasteiger partial charge in [-0.25, -0.2) is 9.97 Å². The van der Waals surface area contributed by atoms with Gasteiger partial charge in [0.05, 0.1) is 0 Å². The van der Waals surface area contributed by atoms with Gasteiger partial charge < -0.3 is 9.80 Å². The summed E-state index contributed by atoms with van der Waals surface area (Å²) < 4.78 is 0. The van der Waals surface area contributed by atoms with Gasteiger partial charge in [-0.2, -0.15) is 0 Å². The van der Waals surface area contributed by atoms with E-state index in [0.717, 1.165) is 29.9 Å². The van der Waals surface area contributed by atoms with E-state index < -0.39 is 0 Å². The summed E-state index contributed by atoms with van der Waals surface area (Å²) in [5.41, 5.74) is 0.809. The third kappa shape index (κ3) is 3.41. The first-order valence-corrected chi connectivity index (χ1v) is 9.85. The van der Waals surface area contributed by atoms with Crippen LogP contribution in [0.15, 0.2) is 18.3 Å². The fourth-order valence-electron chi connectivity index (χ4n) is 3.95. The van der Waals surface area contributed by atoms with E-state index in [2.05, 4.69) is 26.8 Å². The van der Waals surface area contributed by atoms with Crippen molar-refractivity contribution >= 4 is 27.6 Å². The third-order valence-corrected chi connectivity index (χ3v) is 6.58. The Kier molecular flexibility index (Phi) is 4.71. The molecule has 0 N–H and O–H groups in total. The van der Waals surface area contributed by atoms with Crippen molar-refractivity contribution in [2.45, 2.75) is 31.3 Å². The van der Waals surface area contributed by atoms with Crippen molar-refractivity contribution < 1.29 is 4.79 Å². The third-order valence-electron chi connectivity index (χ3n) is 5.62. The number of piperidine rings is 1. The summed E-state index contributed by atoms with van der Waals surface area (Å²) in [4.78, 5) is 29.3. The van der Waals surface area contributed by atoms with Crippen molar-refractivity contribution in [1.29, 1.82) is 0 Å². The first-order chi connectivity index (χ1) is 12.1. The standard InChI is InChI=1S/C18H25N5OS/c1-21-9-5-13(6-10-21)23-11-7-14(12-23)22(2)18(24)17-20-15-4-3-8-19-16(15)25-17/h3-4,8,13-14H,5-7,9-12H2,1-2H3. The van der Waals surface area contributed by atoms with Gasteiger partial charge in [0.2, 0.25) is 0 Å². The van der Waals surface area contributed by atoms with E-state index in [9.17, 15) is 4.79 Å². The maximum Gasteiger partial charge on any atom is 0.282 e. The summed E-state index contributed by atoms with van der Waals surface area (Å²) in [7, 11) is 4.12. The first kappa shape index (κ1) is 16.9. The Labute approximate surface area is 152 Å². The summed E-state index contributed by atoms with van der Waals surface area (Å²) >= 11 is 1.39. The van der Waals surface area contributed by atoms with Crippen LogP contribution >= 0.6 is 11.3 Å². The smallest absolute Gasteiger partial charge is 0.282 e. The van der Waals surface area contributed by atoms with Crippen LogP contribution in [0.2, 0.25) is 0 Å². The van der Waals surface area contributed by atoms with Crippen LogP contribution in [0.3, 0.4) is 0 Å². The molecule has 7 heteroatoms. The highest BCUT2D eigenvalue weighted by molar-refractivity contribution is 7.19. The van der Waals surface area contributed by atoms with Crippen molar-refractivity contribution in [3.8, 4) is 0 Å². The molecule has 134 valence electrons. The Hall–Kier alpha value is -1.57. The summed E-state index contributed by atoms with van der Waals surface area (Å²) in [5.74, 6) is 0.0261. The molecule has 2 aromatic rings. The lowest BCUT2D eigenvalue weighted by Crippen LogP contribution is -2.45. The van der Waals surface area contributed by atoms with Crippen molar-refractivity contribution in [3.05, 3.63) is 23.3 Å². The highest BCUT2D eigenvalue weighted by atomic mass is 32.1. The average molecular weight is 359 g/mol. The molecule has 0 saturated carbocycles. The zero-order valence-electron chi connectivity index (χ0n) is 14.9. The zero-order valence-corrected chi connectivity index (χ0v) is 15.7. The van der Waals surface area contributed by atoms with Crippen LogP contribution in [0.4, 0.5) is 0 Å². The van der Waals surface area contributed by atoms with Crippen LogP contribution in [0.1, 0.15) is 29.1 Å². The number of rotatable bonds is 3. The van der Waals surface area contributed by atoms with Crippen LogP contribution in [-0.4, -0.2) is 82.9 Å². The summed E-state index contributed by atoms with van der Waals surface area (Å²) in [6.07, 6.45) is 5.28. The van der Waals surface area contributed by atoms with Gasteiger partial charge in [0.15, 0.2) is 5.01 Å². The van der Waals surface area contributed by atoms with Gasteiger partial charge in [-0.15, -0.1) is 0 Å². The van der Waals surface area contributed by atoms with Gasteiger partial charge in [0.25, 0.3) is 5.91 Å². The fraction of sp³-hybridized carbons (Fsp3) is 0.611. The van der Waals surface area contributed by atoms with Crippen LogP contribution in [0, 0.1) is 0 Å². The second kappa shape index (κ2) is 6.97. The number of nitrogens with zero attached hydrogens (tertiary/aromatic N) is 5. The summed E-state index contributed by atoms with van der Waals surface area (Å²) in [5, 5.41) is 0.550. The molecule has 2 aliphatic rings. The molecule has 25 heavy (non-hydrogen) atoms. The van der Waals surface area contributed by atoms with E-state index in [1.807, 2.05) is 24.1 Å². The minimum absolute atomic E-state index is 0.0261. The number of fused-ring (bicyclic) bond motifs is 1. The van der Waals surface area contributed by atoms with Crippen LogP contribution in [0.25, 0.3) is 10.3 Å². The molecule has 2 fully saturated rings. The molecule has 0 aliphatic carbocycles. The lowest BCUT2D eigenvalue weighted by atomic mass is 10.0. The van der Waals surface area contributed by atoms with Gasteiger partial charge >= 0.3 is 0 Å². The second-order valence-corrected chi connectivity index (χ2v) is 8.21. The molecule has 2 saturated heterocycles. The van der Waals surface area contributed by atoms with Gasteiger partial charge in [-0.3, -0.25) is 9.69 Å². The summed E-state index contributed by atoms with van der Waals surface area (Å²) in [6, 6.07) is 4.73. The largest absolute Gasteiger partial charge is 0.335 e. The fourth-order valence-corrected chi connectivity index (χ4v) is 4.84.